The largest absolute Gasteiger partial charge is 0.310 e. The van der Waals surface area contributed by atoms with Gasteiger partial charge in [0.05, 0.1) is 12.1 Å². The molecule has 0 amide bonds. The van der Waals surface area contributed by atoms with E-state index >= 15 is 0 Å². The van der Waals surface area contributed by atoms with Crippen molar-refractivity contribution in [2.24, 2.45) is 17.4 Å². The van der Waals surface area contributed by atoms with E-state index in [1.54, 1.807) is 16.8 Å². The SMILES string of the molecule is CCC[CH2][Sn]([CH2]CCC)([CH2]CCC)[N]=[N+]=[N-].Cn1nc2c(-c3ccc(Cl)cc3Cl)cccc2c1Cc1nn[nH]n1.[C-]#[N+]Cc1c2cccc(-c3ccc(Cl)cc3Cl)c2nn1C. The molecule has 0 fully saturated rings. The molecule has 7 aromatic rings. The van der Waals surface area contributed by atoms with Crippen LogP contribution in [0.25, 0.3) is 59.3 Å². The Morgan fingerprint density at radius 1 is 0.705 bits per heavy atom. The number of nitrogens with zero attached hydrogens (tertiary/aromatic N) is 11. The van der Waals surface area contributed by atoms with Crippen molar-refractivity contribution in [3.63, 3.8) is 0 Å². The van der Waals surface area contributed by atoms with Crippen LogP contribution in [0.15, 0.2) is 76.1 Å². The molecule has 0 aliphatic heterocycles. The van der Waals surface area contributed by atoms with E-state index < -0.39 is 18.7 Å². The Balaban J connectivity index is 0.000000177. The third-order valence-corrected chi connectivity index (χ3v) is 24.2. The van der Waals surface area contributed by atoms with Gasteiger partial charge in [0.25, 0.3) is 6.54 Å². The van der Waals surface area contributed by atoms with Crippen molar-refractivity contribution in [2.45, 2.75) is 85.6 Å². The standard InChI is InChI=1S/C16H12Cl2N6.C16H11Cl2N3.3C4H9.N3.Sn/c1-24-14(8-15-19-22-23-20-15)12-4-2-3-11(16(12)21-24)10-6-5-9(17)7-13(10)18;1-19-9-15-13-5-3-4-12(16(13)20-21(15)2)11-7-6-10(17)8-14(11)18;3*1-3-4-2;1-3-2;/h2-7H,8H2,1H3,(H,19,20,22,23);3-8H,9H2,2H3;3*1,3-4H2,2H3;;/q;;;;;-1;+1. The first-order valence-corrected chi connectivity index (χ1v) is 29.3. The van der Waals surface area contributed by atoms with Gasteiger partial charge in [-0.1, -0.05) is 100 Å². The maximum absolute atomic E-state index is 8.81. The Kier molecular flexibility index (Phi) is 18.1. The molecule has 0 saturated heterocycles. The molecule has 0 aliphatic carbocycles. The van der Waals surface area contributed by atoms with Crippen LogP contribution >= 0.6 is 46.4 Å². The quantitative estimate of drug-likeness (QED) is 0.0358. The van der Waals surface area contributed by atoms with Crippen molar-refractivity contribution in [1.82, 2.24) is 40.2 Å². The van der Waals surface area contributed by atoms with E-state index in [1.807, 2.05) is 79.4 Å². The van der Waals surface area contributed by atoms with Crippen molar-refractivity contribution in [3.8, 4) is 22.3 Å². The van der Waals surface area contributed by atoms with Crippen LogP contribution in [0.2, 0.25) is 33.4 Å². The van der Waals surface area contributed by atoms with Crippen molar-refractivity contribution in [1.29, 1.82) is 0 Å². The van der Waals surface area contributed by atoms with Crippen LogP contribution in [0.1, 0.15) is 76.5 Å². The van der Waals surface area contributed by atoms with Gasteiger partial charge < -0.3 is 4.85 Å². The Morgan fingerprint density at radius 2 is 1.20 bits per heavy atom. The van der Waals surface area contributed by atoms with E-state index in [9.17, 15) is 0 Å². The number of hydrogen-bond donors (Lipinski definition) is 1. The minimum absolute atomic E-state index is 0.310. The number of aromatic nitrogens is 8. The third kappa shape index (κ3) is 12.2. The van der Waals surface area contributed by atoms with Crippen LogP contribution in [-0.4, -0.2) is 58.8 Å². The van der Waals surface area contributed by atoms with Gasteiger partial charge in [0.2, 0.25) is 0 Å². The molecule has 3 aromatic heterocycles. The predicted molar refractivity (Wildman–Crippen MR) is 254 cm³/mol. The smallest absolute Gasteiger partial charge is 0.256 e. The molecule has 0 unspecified atom stereocenters. The van der Waals surface area contributed by atoms with Gasteiger partial charge in [0.1, 0.15) is 16.7 Å². The Bertz CT molecular complexity index is 2610. The molecule has 61 heavy (non-hydrogen) atoms. The molecule has 0 bridgehead atoms. The van der Waals surface area contributed by atoms with Gasteiger partial charge >= 0.3 is 105 Å². The molecule has 0 saturated carbocycles. The van der Waals surface area contributed by atoms with Gasteiger partial charge in [-0.05, 0) is 24.3 Å². The van der Waals surface area contributed by atoms with Crippen LogP contribution < -0.4 is 0 Å². The van der Waals surface area contributed by atoms with Gasteiger partial charge in [0, 0.05) is 67.2 Å². The summed E-state index contributed by atoms with van der Waals surface area (Å²) in [6.07, 6.45) is 8.04. The maximum Gasteiger partial charge on any atom is 0.256 e. The molecule has 17 heteroatoms. The molecule has 3 heterocycles. The van der Waals surface area contributed by atoms with Crippen LogP contribution in [0.5, 0.6) is 0 Å². The van der Waals surface area contributed by atoms with Crippen molar-refractivity contribution in [3.05, 3.63) is 132 Å². The Labute approximate surface area is 381 Å². The molecule has 4 aromatic carbocycles. The number of benzene rings is 4. The number of nitrogens with one attached hydrogen (secondary N) is 1. The molecule has 7 rings (SSSR count). The Hall–Kier alpha value is -4.35. The van der Waals surface area contributed by atoms with Crippen LogP contribution in [0, 0.1) is 6.57 Å². The number of hydrogen-bond acceptors (Lipinski definition) is 6. The summed E-state index contributed by atoms with van der Waals surface area (Å²) in [4.78, 5) is 6.65. The number of aryl methyl sites for hydroxylation is 2. The summed E-state index contributed by atoms with van der Waals surface area (Å²) in [5.41, 5.74) is 16.2. The molecule has 0 radical (unpaired) electrons. The summed E-state index contributed by atoms with van der Waals surface area (Å²) in [6.45, 7) is 14.1. The van der Waals surface area contributed by atoms with Gasteiger partial charge in [-0.3, -0.25) is 9.36 Å². The first-order chi connectivity index (χ1) is 29.5. The first kappa shape index (κ1) is 47.7. The predicted octanol–water partition coefficient (Wildman–Crippen LogP) is 14.3. The average molecular weight is 1010 g/mol. The molecule has 1 N–H and O–H groups in total. The van der Waals surface area contributed by atoms with E-state index in [-0.39, 0.29) is 0 Å². The number of rotatable bonds is 15. The fourth-order valence-electron chi connectivity index (χ4n) is 7.40. The topological polar surface area (TPSA) is 143 Å². The number of azide groups is 1. The molecule has 0 atom stereocenters. The number of tetrazole rings is 1. The maximum atomic E-state index is 8.81. The molecule has 318 valence electrons. The van der Waals surface area contributed by atoms with Crippen LogP contribution in [-0.2, 0) is 27.1 Å². The van der Waals surface area contributed by atoms with E-state index in [4.69, 9.17) is 58.5 Å². The minimum atomic E-state index is -2.45. The minimum Gasteiger partial charge on any atom is -0.310 e. The summed E-state index contributed by atoms with van der Waals surface area (Å²) >= 11 is 22.2. The van der Waals surface area contributed by atoms with E-state index in [2.05, 4.69) is 64.7 Å². The fraction of sp³-hybridized carbons (Fsp3) is 0.364. The second kappa shape index (κ2) is 23.2. The molecule has 12 nitrogen and oxygen atoms in total. The molecule has 0 aliphatic rings. The van der Waals surface area contributed by atoms with Gasteiger partial charge in [-0.2, -0.15) is 15.4 Å². The summed E-state index contributed by atoms with van der Waals surface area (Å²) in [5, 5.41) is 27.7. The van der Waals surface area contributed by atoms with E-state index in [1.165, 1.54) is 51.8 Å². The molecular weight excluding hydrogens is 957 g/mol. The first-order valence-electron chi connectivity index (χ1n) is 20.4. The summed E-state index contributed by atoms with van der Waals surface area (Å²) in [7, 11) is 3.76. The summed E-state index contributed by atoms with van der Waals surface area (Å²) < 4.78 is 11.8. The zero-order valence-electron chi connectivity index (χ0n) is 35.1. The van der Waals surface area contributed by atoms with Crippen molar-refractivity contribution < 1.29 is 0 Å². The van der Waals surface area contributed by atoms with E-state index in [0.29, 0.717) is 38.9 Å². The van der Waals surface area contributed by atoms with Crippen LogP contribution in [0.3, 0.4) is 0 Å². The number of halogens is 4. The number of H-pyrrole nitrogens is 1. The second-order valence-corrected chi connectivity index (χ2v) is 28.4. The summed E-state index contributed by atoms with van der Waals surface area (Å²) in [5.74, 6) is 0.620. The van der Waals surface area contributed by atoms with Crippen LogP contribution in [0.4, 0.5) is 0 Å². The van der Waals surface area contributed by atoms with Gasteiger partial charge in [-0.25, -0.2) is 6.57 Å². The zero-order valence-corrected chi connectivity index (χ0v) is 41.0. The molecular formula is C44H50Cl4N12Sn. The fourth-order valence-corrected chi connectivity index (χ4v) is 20.6. The van der Waals surface area contributed by atoms with Gasteiger partial charge in [-0.15, -0.1) is 10.2 Å². The zero-order chi connectivity index (χ0) is 43.9. The molecule has 0 spiro atoms. The van der Waals surface area contributed by atoms with E-state index in [0.717, 1.165) is 55.4 Å². The van der Waals surface area contributed by atoms with Crippen molar-refractivity contribution >= 4 is 86.9 Å². The monoisotopic (exact) mass is 1010 g/mol. The number of aromatic amines is 1. The summed E-state index contributed by atoms with van der Waals surface area (Å²) in [6, 6.07) is 22.8. The average Bonchev–Trinajstić information content (AvgIpc) is 3.97. The normalized spacial score (nSPS) is 11.1. The number of fused-ring (bicyclic) bond motifs is 2. The second-order valence-electron chi connectivity index (χ2n) is 14.8. The van der Waals surface area contributed by atoms with Crippen molar-refractivity contribution in [2.75, 3.05) is 0 Å². The third-order valence-electron chi connectivity index (χ3n) is 10.6. The number of unbranched alkanes of at least 4 members (excludes halogenated alkanes) is 3. The van der Waals surface area contributed by atoms with Gasteiger partial charge in [0.15, 0.2) is 5.82 Å². The Morgan fingerprint density at radius 3 is 1.62 bits per heavy atom.